The number of hydrogen-bond acceptors (Lipinski definition) is 4. The topological polar surface area (TPSA) is 63.8 Å². The molecule has 4 rings (SSSR count). The Balaban J connectivity index is 2.00. The molecule has 3 heterocycles. The van der Waals surface area contributed by atoms with Gasteiger partial charge in [0.05, 0.1) is 6.20 Å². The molecule has 0 aliphatic heterocycles. The lowest BCUT2D eigenvalue weighted by molar-refractivity contribution is 0.473. The lowest BCUT2D eigenvalue weighted by atomic mass is 10.2. The molecule has 1 N–H and O–H groups in total. The fourth-order valence-electron chi connectivity index (χ4n) is 2.36. The van der Waals surface area contributed by atoms with Gasteiger partial charge in [0, 0.05) is 24.0 Å². The molecule has 1 aliphatic carbocycles. The lowest BCUT2D eigenvalue weighted by Gasteiger charge is -2.06. The quantitative estimate of drug-likeness (QED) is 0.761. The van der Waals surface area contributed by atoms with Crippen molar-refractivity contribution in [3.63, 3.8) is 0 Å². The zero-order chi connectivity index (χ0) is 12.8. The van der Waals surface area contributed by atoms with Crippen molar-refractivity contribution < 1.29 is 5.11 Å². The first-order chi connectivity index (χ1) is 9.33. The summed E-state index contributed by atoms with van der Waals surface area (Å²) < 4.78 is 2.16. The number of aromatic nitrogens is 4. The molecule has 1 saturated carbocycles. The number of rotatable bonds is 2. The monoisotopic (exact) mass is 252 g/mol. The fourth-order valence-corrected chi connectivity index (χ4v) is 2.36. The summed E-state index contributed by atoms with van der Waals surface area (Å²) in [5, 5.41) is 9.58. The molecule has 0 atom stereocenters. The highest BCUT2D eigenvalue weighted by molar-refractivity contribution is 5.77. The molecule has 3 aromatic heterocycles. The van der Waals surface area contributed by atoms with Crippen molar-refractivity contribution in [2.24, 2.45) is 0 Å². The molecule has 0 unspecified atom stereocenters. The summed E-state index contributed by atoms with van der Waals surface area (Å²) in [5.41, 5.74) is 2.61. The summed E-state index contributed by atoms with van der Waals surface area (Å²) >= 11 is 0. The van der Waals surface area contributed by atoms with Gasteiger partial charge in [-0.2, -0.15) is 0 Å². The average Bonchev–Trinajstić information content (AvgIpc) is 3.18. The van der Waals surface area contributed by atoms with Crippen LogP contribution in [0.15, 0.2) is 36.8 Å². The van der Waals surface area contributed by atoms with Gasteiger partial charge in [-0.05, 0) is 31.0 Å². The van der Waals surface area contributed by atoms with Gasteiger partial charge in [0.2, 0.25) is 0 Å². The van der Waals surface area contributed by atoms with Gasteiger partial charge >= 0.3 is 0 Å². The lowest BCUT2D eigenvalue weighted by Crippen LogP contribution is -1.98. The summed E-state index contributed by atoms with van der Waals surface area (Å²) in [6.07, 6.45) is 7.24. The SMILES string of the molecule is Oc1cncc(-c2nc3cccnc3n2C2CC2)c1. The smallest absolute Gasteiger partial charge is 0.160 e. The van der Waals surface area contributed by atoms with Gasteiger partial charge < -0.3 is 9.67 Å². The molecule has 0 radical (unpaired) electrons. The Morgan fingerprint density at radius 2 is 2.16 bits per heavy atom. The number of nitrogens with zero attached hydrogens (tertiary/aromatic N) is 4. The molecule has 0 spiro atoms. The van der Waals surface area contributed by atoms with E-state index in [2.05, 4.69) is 19.5 Å². The van der Waals surface area contributed by atoms with E-state index < -0.39 is 0 Å². The summed E-state index contributed by atoms with van der Waals surface area (Å²) in [7, 11) is 0. The predicted octanol–water partition coefficient (Wildman–Crippen LogP) is 2.53. The van der Waals surface area contributed by atoms with E-state index >= 15 is 0 Å². The minimum Gasteiger partial charge on any atom is -0.506 e. The van der Waals surface area contributed by atoms with Crippen LogP contribution in [0.1, 0.15) is 18.9 Å². The van der Waals surface area contributed by atoms with Gasteiger partial charge in [-0.3, -0.25) is 4.98 Å². The minimum absolute atomic E-state index is 0.153. The van der Waals surface area contributed by atoms with Gasteiger partial charge in [0.1, 0.15) is 17.1 Å². The van der Waals surface area contributed by atoms with E-state index in [1.165, 1.54) is 6.20 Å². The Morgan fingerprint density at radius 1 is 1.26 bits per heavy atom. The van der Waals surface area contributed by atoms with Gasteiger partial charge in [-0.25, -0.2) is 9.97 Å². The molecule has 3 aromatic rings. The third-order valence-electron chi connectivity index (χ3n) is 3.34. The second-order valence-electron chi connectivity index (χ2n) is 4.81. The highest BCUT2D eigenvalue weighted by atomic mass is 16.3. The Morgan fingerprint density at radius 3 is 2.95 bits per heavy atom. The number of imidazole rings is 1. The van der Waals surface area contributed by atoms with Crippen molar-refractivity contribution >= 4 is 11.2 Å². The van der Waals surface area contributed by atoms with Crippen LogP contribution in [0.2, 0.25) is 0 Å². The van der Waals surface area contributed by atoms with E-state index in [0.29, 0.717) is 6.04 Å². The fraction of sp³-hybridized carbons (Fsp3) is 0.214. The normalized spacial score (nSPS) is 14.9. The first-order valence-electron chi connectivity index (χ1n) is 6.30. The Bertz CT molecular complexity index is 761. The van der Waals surface area contributed by atoms with Gasteiger partial charge in [0.15, 0.2) is 5.65 Å². The van der Waals surface area contributed by atoms with Crippen molar-refractivity contribution in [3.05, 3.63) is 36.8 Å². The predicted molar refractivity (Wildman–Crippen MR) is 70.7 cm³/mol. The van der Waals surface area contributed by atoms with E-state index in [1.807, 2.05) is 12.1 Å². The zero-order valence-corrected chi connectivity index (χ0v) is 10.2. The first-order valence-corrected chi connectivity index (χ1v) is 6.30. The molecule has 1 fully saturated rings. The largest absolute Gasteiger partial charge is 0.506 e. The highest BCUT2D eigenvalue weighted by Crippen LogP contribution is 2.40. The van der Waals surface area contributed by atoms with Crippen molar-refractivity contribution in [1.29, 1.82) is 0 Å². The molecule has 94 valence electrons. The Labute approximate surface area is 109 Å². The van der Waals surface area contributed by atoms with Crippen LogP contribution in [0.25, 0.3) is 22.6 Å². The molecule has 1 aliphatic rings. The van der Waals surface area contributed by atoms with E-state index in [9.17, 15) is 5.11 Å². The maximum Gasteiger partial charge on any atom is 0.160 e. The third kappa shape index (κ3) is 1.66. The molecule has 0 amide bonds. The van der Waals surface area contributed by atoms with E-state index in [0.717, 1.165) is 35.4 Å². The Kier molecular flexibility index (Phi) is 2.09. The maximum absolute atomic E-state index is 9.58. The van der Waals surface area contributed by atoms with E-state index in [-0.39, 0.29) is 5.75 Å². The molecule has 0 saturated heterocycles. The highest BCUT2D eigenvalue weighted by Gasteiger charge is 2.29. The van der Waals surface area contributed by atoms with Gasteiger partial charge in [-0.1, -0.05) is 0 Å². The summed E-state index contributed by atoms with van der Waals surface area (Å²) in [6, 6.07) is 6.00. The summed E-state index contributed by atoms with van der Waals surface area (Å²) in [6.45, 7) is 0. The Hall–Kier alpha value is -2.43. The molecule has 0 aromatic carbocycles. The van der Waals surface area contributed by atoms with Crippen molar-refractivity contribution in [2.45, 2.75) is 18.9 Å². The molecule has 0 bridgehead atoms. The summed E-state index contributed by atoms with van der Waals surface area (Å²) in [5.74, 6) is 0.986. The molecule has 19 heavy (non-hydrogen) atoms. The molecule has 5 heteroatoms. The zero-order valence-electron chi connectivity index (χ0n) is 10.2. The van der Waals surface area contributed by atoms with Gasteiger partial charge in [-0.15, -0.1) is 0 Å². The molecular weight excluding hydrogens is 240 g/mol. The molecular formula is C14H12N4O. The number of fused-ring (bicyclic) bond motifs is 1. The van der Waals surface area contributed by atoms with Crippen molar-refractivity contribution in [3.8, 4) is 17.1 Å². The second kappa shape index (κ2) is 3.78. The van der Waals surface area contributed by atoms with Gasteiger partial charge in [0.25, 0.3) is 0 Å². The summed E-state index contributed by atoms with van der Waals surface area (Å²) in [4.78, 5) is 13.1. The van der Waals surface area contributed by atoms with Crippen LogP contribution in [0, 0.1) is 0 Å². The van der Waals surface area contributed by atoms with Crippen LogP contribution in [0.4, 0.5) is 0 Å². The van der Waals surface area contributed by atoms with Crippen molar-refractivity contribution in [2.75, 3.05) is 0 Å². The van der Waals surface area contributed by atoms with Crippen LogP contribution in [0.5, 0.6) is 5.75 Å². The first kappa shape index (κ1) is 10.5. The average molecular weight is 252 g/mol. The van der Waals surface area contributed by atoms with Crippen molar-refractivity contribution in [1.82, 2.24) is 19.5 Å². The van der Waals surface area contributed by atoms with Crippen LogP contribution < -0.4 is 0 Å². The van der Waals surface area contributed by atoms with E-state index in [1.54, 1.807) is 18.5 Å². The third-order valence-corrected chi connectivity index (χ3v) is 3.34. The number of pyridine rings is 2. The second-order valence-corrected chi connectivity index (χ2v) is 4.81. The van der Waals surface area contributed by atoms with Crippen LogP contribution in [-0.4, -0.2) is 24.6 Å². The molecule has 5 nitrogen and oxygen atoms in total. The standard InChI is InChI=1S/C14H12N4O/c19-11-6-9(7-15-8-11)13-17-12-2-1-5-16-14(12)18(13)10-3-4-10/h1-2,5-8,10,19H,3-4H2. The minimum atomic E-state index is 0.153. The van der Waals surface area contributed by atoms with Crippen LogP contribution in [0.3, 0.4) is 0 Å². The van der Waals surface area contributed by atoms with E-state index in [4.69, 9.17) is 0 Å². The van der Waals surface area contributed by atoms with Crippen LogP contribution in [-0.2, 0) is 0 Å². The number of aromatic hydroxyl groups is 1. The van der Waals surface area contributed by atoms with Crippen LogP contribution >= 0.6 is 0 Å². The maximum atomic E-state index is 9.58. The number of hydrogen-bond donors (Lipinski definition) is 1.